The van der Waals surface area contributed by atoms with Gasteiger partial charge in [0, 0.05) is 24.7 Å². The molecule has 1 N–H and O–H groups in total. The SMILES string of the molecule is CN(C)C1CCN(C(=O)c2sccc2C#CCO)CC1. The van der Waals surface area contributed by atoms with Gasteiger partial charge in [0.1, 0.15) is 11.5 Å². The van der Waals surface area contributed by atoms with Crippen molar-refractivity contribution in [2.75, 3.05) is 33.8 Å². The van der Waals surface area contributed by atoms with Crippen LogP contribution in [0.25, 0.3) is 0 Å². The van der Waals surface area contributed by atoms with Gasteiger partial charge in [-0.3, -0.25) is 4.79 Å². The molecule has 0 aromatic carbocycles. The highest BCUT2D eigenvalue weighted by atomic mass is 32.1. The van der Waals surface area contributed by atoms with Crippen molar-refractivity contribution in [2.45, 2.75) is 18.9 Å². The number of hydrogen-bond donors (Lipinski definition) is 1. The van der Waals surface area contributed by atoms with Gasteiger partial charge in [-0.25, -0.2) is 0 Å². The Bertz CT molecular complexity index is 519. The monoisotopic (exact) mass is 292 g/mol. The number of aliphatic hydroxyl groups excluding tert-OH is 1. The standard InChI is InChI=1S/C15H20N2O2S/c1-16(2)13-5-8-17(9-6-13)15(19)14-12(4-3-10-18)7-11-20-14/h7,11,13,18H,5-6,8-10H2,1-2H3. The van der Waals surface area contributed by atoms with Gasteiger partial charge in [0.15, 0.2) is 0 Å². The van der Waals surface area contributed by atoms with Crippen molar-refractivity contribution in [2.24, 2.45) is 0 Å². The van der Waals surface area contributed by atoms with E-state index in [1.807, 2.05) is 16.3 Å². The Labute approximate surface area is 124 Å². The minimum absolute atomic E-state index is 0.0689. The predicted molar refractivity (Wildman–Crippen MR) is 80.9 cm³/mol. The number of carbonyl (C=O) groups excluding carboxylic acids is 1. The van der Waals surface area contributed by atoms with E-state index < -0.39 is 0 Å². The Morgan fingerprint density at radius 1 is 1.50 bits per heavy atom. The van der Waals surface area contributed by atoms with E-state index in [2.05, 4.69) is 30.8 Å². The Morgan fingerprint density at radius 3 is 2.80 bits per heavy atom. The summed E-state index contributed by atoms with van der Waals surface area (Å²) in [5, 5.41) is 10.6. The highest BCUT2D eigenvalue weighted by Crippen LogP contribution is 2.21. The largest absolute Gasteiger partial charge is 0.384 e. The molecule has 0 spiro atoms. The average Bonchev–Trinajstić information content (AvgIpc) is 2.92. The molecule has 4 nitrogen and oxygen atoms in total. The summed E-state index contributed by atoms with van der Waals surface area (Å²) in [4.78, 5) is 17.3. The van der Waals surface area contributed by atoms with Crippen molar-refractivity contribution in [1.29, 1.82) is 0 Å². The number of carbonyl (C=O) groups is 1. The summed E-state index contributed by atoms with van der Waals surface area (Å²) >= 11 is 1.42. The van der Waals surface area contributed by atoms with Gasteiger partial charge < -0.3 is 14.9 Å². The highest BCUT2D eigenvalue weighted by molar-refractivity contribution is 7.12. The molecular formula is C15H20N2O2S. The molecule has 1 saturated heterocycles. The first kappa shape index (κ1) is 15.0. The third kappa shape index (κ3) is 3.40. The van der Waals surface area contributed by atoms with Crippen LogP contribution in [0, 0.1) is 11.8 Å². The smallest absolute Gasteiger partial charge is 0.265 e. The first-order valence-electron chi connectivity index (χ1n) is 6.76. The molecule has 0 radical (unpaired) electrons. The van der Waals surface area contributed by atoms with E-state index >= 15 is 0 Å². The summed E-state index contributed by atoms with van der Waals surface area (Å²) in [6.45, 7) is 1.41. The zero-order chi connectivity index (χ0) is 14.5. The molecule has 1 aliphatic rings. The van der Waals surface area contributed by atoms with Crippen molar-refractivity contribution in [3.63, 3.8) is 0 Å². The first-order valence-corrected chi connectivity index (χ1v) is 7.64. The number of likely N-dealkylation sites (tertiary alicyclic amines) is 1. The molecule has 108 valence electrons. The van der Waals surface area contributed by atoms with Gasteiger partial charge in [0.05, 0.1) is 0 Å². The van der Waals surface area contributed by atoms with Gasteiger partial charge in [-0.05, 0) is 38.4 Å². The molecule has 20 heavy (non-hydrogen) atoms. The number of rotatable bonds is 2. The van der Waals surface area contributed by atoms with Gasteiger partial charge in [0.2, 0.25) is 0 Å². The van der Waals surface area contributed by atoms with Crippen LogP contribution < -0.4 is 0 Å². The summed E-state index contributed by atoms with van der Waals surface area (Å²) < 4.78 is 0. The zero-order valence-corrected chi connectivity index (χ0v) is 12.7. The van der Waals surface area contributed by atoms with Crippen LogP contribution in [0.3, 0.4) is 0 Å². The fraction of sp³-hybridized carbons (Fsp3) is 0.533. The summed E-state index contributed by atoms with van der Waals surface area (Å²) in [7, 11) is 4.17. The summed E-state index contributed by atoms with van der Waals surface area (Å²) in [5.74, 6) is 5.52. The first-order chi connectivity index (χ1) is 9.63. The molecule has 0 unspecified atom stereocenters. The van der Waals surface area contributed by atoms with Gasteiger partial charge in [-0.2, -0.15) is 0 Å². The summed E-state index contributed by atoms with van der Waals surface area (Å²) in [5.41, 5.74) is 0.726. The Kier molecular flexibility index (Phi) is 5.18. The maximum absolute atomic E-state index is 12.5. The fourth-order valence-electron chi connectivity index (χ4n) is 2.44. The normalized spacial score (nSPS) is 16.1. The van der Waals surface area contributed by atoms with E-state index in [1.54, 1.807) is 0 Å². The number of piperidine rings is 1. The second-order valence-corrected chi connectivity index (χ2v) is 6.03. The molecular weight excluding hydrogens is 272 g/mol. The molecule has 0 aliphatic carbocycles. The topological polar surface area (TPSA) is 43.8 Å². The molecule has 1 aromatic heterocycles. The number of nitrogens with zero attached hydrogens (tertiary/aromatic N) is 2. The minimum Gasteiger partial charge on any atom is -0.384 e. The molecule has 2 rings (SSSR count). The van der Waals surface area contributed by atoms with Crippen LogP contribution in [0.1, 0.15) is 28.1 Å². The quantitative estimate of drug-likeness (QED) is 0.835. The third-order valence-corrected chi connectivity index (χ3v) is 4.55. The van der Waals surface area contributed by atoms with Gasteiger partial charge >= 0.3 is 0 Å². The molecule has 5 heteroatoms. The molecule has 0 bridgehead atoms. The molecule has 1 aliphatic heterocycles. The number of amides is 1. The van der Waals surface area contributed by atoms with Crippen molar-refractivity contribution in [1.82, 2.24) is 9.80 Å². The Hall–Kier alpha value is -1.35. The van der Waals surface area contributed by atoms with E-state index in [1.165, 1.54) is 11.3 Å². The lowest BCUT2D eigenvalue weighted by molar-refractivity contribution is 0.0668. The molecule has 0 atom stereocenters. The minimum atomic E-state index is -0.183. The van der Waals surface area contributed by atoms with Gasteiger partial charge in [-0.15, -0.1) is 11.3 Å². The van der Waals surface area contributed by atoms with Crippen molar-refractivity contribution >= 4 is 17.2 Å². The Balaban J connectivity index is 2.04. The summed E-state index contributed by atoms with van der Waals surface area (Å²) in [6.07, 6.45) is 2.03. The Morgan fingerprint density at radius 2 is 2.20 bits per heavy atom. The average molecular weight is 292 g/mol. The third-order valence-electron chi connectivity index (χ3n) is 3.64. The van der Waals surface area contributed by atoms with E-state index in [0.717, 1.165) is 31.5 Å². The fourth-order valence-corrected chi connectivity index (χ4v) is 3.25. The number of hydrogen-bond acceptors (Lipinski definition) is 4. The molecule has 1 amide bonds. The number of aliphatic hydroxyl groups is 1. The number of thiophene rings is 1. The van der Waals surface area contributed by atoms with Crippen LogP contribution in [0.2, 0.25) is 0 Å². The second kappa shape index (κ2) is 6.89. The summed E-state index contributed by atoms with van der Waals surface area (Å²) in [6, 6.07) is 2.41. The lowest BCUT2D eigenvalue weighted by Gasteiger charge is -2.35. The van der Waals surface area contributed by atoms with Crippen LogP contribution in [0.5, 0.6) is 0 Å². The predicted octanol–water partition coefficient (Wildman–Crippen LogP) is 1.26. The lowest BCUT2D eigenvalue weighted by atomic mass is 10.0. The van der Waals surface area contributed by atoms with Crippen LogP contribution >= 0.6 is 11.3 Å². The maximum Gasteiger partial charge on any atom is 0.265 e. The van der Waals surface area contributed by atoms with Crippen molar-refractivity contribution < 1.29 is 9.90 Å². The van der Waals surface area contributed by atoms with Crippen molar-refractivity contribution in [3.05, 3.63) is 21.9 Å². The molecule has 1 aromatic rings. The van der Waals surface area contributed by atoms with Crippen LogP contribution in [-0.2, 0) is 0 Å². The van der Waals surface area contributed by atoms with Crippen LogP contribution in [0.15, 0.2) is 11.4 Å². The molecule has 2 heterocycles. The maximum atomic E-state index is 12.5. The highest BCUT2D eigenvalue weighted by Gasteiger charge is 2.26. The van der Waals surface area contributed by atoms with Crippen molar-refractivity contribution in [3.8, 4) is 11.8 Å². The lowest BCUT2D eigenvalue weighted by Crippen LogP contribution is -2.44. The van der Waals surface area contributed by atoms with Crippen LogP contribution in [-0.4, -0.2) is 60.6 Å². The molecule has 1 fully saturated rings. The van der Waals surface area contributed by atoms with E-state index in [-0.39, 0.29) is 12.5 Å². The van der Waals surface area contributed by atoms with E-state index in [0.29, 0.717) is 10.9 Å². The van der Waals surface area contributed by atoms with E-state index in [4.69, 9.17) is 5.11 Å². The van der Waals surface area contributed by atoms with Gasteiger partial charge in [0.25, 0.3) is 5.91 Å². The van der Waals surface area contributed by atoms with E-state index in [9.17, 15) is 4.79 Å². The van der Waals surface area contributed by atoms with Crippen LogP contribution in [0.4, 0.5) is 0 Å². The van der Waals surface area contributed by atoms with Gasteiger partial charge in [-0.1, -0.05) is 11.8 Å². The second-order valence-electron chi connectivity index (χ2n) is 5.11. The zero-order valence-electron chi connectivity index (χ0n) is 11.9. The molecule has 0 saturated carbocycles.